The lowest BCUT2D eigenvalue weighted by Crippen LogP contribution is -2.51. The standard InChI is InChI=1S/C16H24N4O/c1-13-4-2-5-14(12-13)16(21)20-10-8-19(9-11-20)15-6-3-7-17-18-15/h3,6-7,13-14H,2,4-5,8-12H2,1H3. The van der Waals surface area contributed by atoms with Gasteiger partial charge in [0.1, 0.15) is 0 Å². The zero-order valence-electron chi connectivity index (χ0n) is 12.7. The Kier molecular flexibility index (Phi) is 4.36. The number of rotatable bonds is 2. The van der Waals surface area contributed by atoms with Crippen molar-refractivity contribution in [3.63, 3.8) is 0 Å². The fraction of sp³-hybridized carbons (Fsp3) is 0.688. The fourth-order valence-electron chi connectivity index (χ4n) is 3.53. The first kappa shape index (κ1) is 14.3. The molecule has 2 atom stereocenters. The molecule has 2 aliphatic rings. The average molecular weight is 288 g/mol. The smallest absolute Gasteiger partial charge is 0.225 e. The van der Waals surface area contributed by atoms with E-state index in [0.717, 1.165) is 44.8 Å². The molecule has 21 heavy (non-hydrogen) atoms. The summed E-state index contributed by atoms with van der Waals surface area (Å²) >= 11 is 0. The molecule has 5 heteroatoms. The van der Waals surface area contributed by atoms with Gasteiger partial charge in [0.2, 0.25) is 5.91 Å². The molecule has 2 unspecified atom stereocenters. The number of anilines is 1. The van der Waals surface area contributed by atoms with Crippen molar-refractivity contribution in [2.24, 2.45) is 11.8 Å². The van der Waals surface area contributed by atoms with E-state index >= 15 is 0 Å². The molecule has 0 N–H and O–H groups in total. The van der Waals surface area contributed by atoms with Crippen LogP contribution in [-0.2, 0) is 4.79 Å². The third kappa shape index (κ3) is 3.34. The highest BCUT2D eigenvalue weighted by Crippen LogP contribution is 2.30. The number of hydrogen-bond donors (Lipinski definition) is 0. The Morgan fingerprint density at radius 3 is 2.71 bits per heavy atom. The van der Waals surface area contributed by atoms with Crippen LogP contribution in [0.3, 0.4) is 0 Å². The summed E-state index contributed by atoms with van der Waals surface area (Å²) in [5, 5.41) is 8.07. The SMILES string of the molecule is CC1CCCC(C(=O)N2CCN(c3cccnn3)CC2)C1. The van der Waals surface area contributed by atoms with Crippen LogP contribution in [0.5, 0.6) is 0 Å². The molecular weight excluding hydrogens is 264 g/mol. The Bertz CT molecular complexity index is 470. The zero-order valence-corrected chi connectivity index (χ0v) is 12.7. The Morgan fingerprint density at radius 2 is 2.05 bits per heavy atom. The predicted octanol–water partition coefficient (Wildman–Crippen LogP) is 1.95. The Morgan fingerprint density at radius 1 is 1.24 bits per heavy atom. The molecule has 114 valence electrons. The number of amides is 1. The molecule has 2 fully saturated rings. The van der Waals surface area contributed by atoms with Crippen molar-refractivity contribution in [2.45, 2.75) is 32.6 Å². The number of carbonyl (C=O) groups excluding carboxylic acids is 1. The molecular formula is C16H24N4O. The molecule has 1 aliphatic heterocycles. The van der Waals surface area contributed by atoms with E-state index in [1.54, 1.807) is 6.20 Å². The average Bonchev–Trinajstić information content (AvgIpc) is 2.55. The van der Waals surface area contributed by atoms with Crippen LogP contribution < -0.4 is 4.90 Å². The van der Waals surface area contributed by atoms with Crippen LogP contribution in [0.1, 0.15) is 32.6 Å². The van der Waals surface area contributed by atoms with Crippen LogP contribution >= 0.6 is 0 Å². The van der Waals surface area contributed by atoms with E-state index in [0.29, 0.717) is 11.8 Å². The van der Waals surface area contributed by atoms with E-state index < -0.39 is 0 Å². The van der Waals surface area contributed by atoms with E-state index in [-0.39, 0.29) is 5.92 Å². The predicted molar refractivity (Wildman–Crippen MR) is 81.9 cm³/mol. The highest BCUT2D eigenvalue weighted by atomic mass is 16.2. The molecule has 0 aromatic carbocycles. The van der Waals surface area contributed by atoms with E-state index in [4.69, 9.17) is 0 Å². The minimum absolute atomic E-state index is 0.261. The van der Waals surface area contributed by atoms with Gasteiger partial charge in [0.15, 0.2) is 5.82 Å². The van der Waals surface area contributed by atoms with Gasteiger partial charge in [-0.1, -0.05) is 19.8 Å². The first-order valence-corrected chi connectivity index (χ1v) is 8.05. The topological polar surface area (TPSA) is 49.3 Å². The van der Waals surface area contributed by atoms with Crippen molar-refractivity contribution in [3.8, 4) is 0 Å². The lowest BCUT2D eigenvalue weighted by atomic mass is 9.81. The number of hydrogen-bond acceptors (Lipinski definition) is 4. The van der Waals surface area contributed by atoms with Gasteiger partial charge in [-0.15, -0.1) is 5.10 Å². The van der Waals surface area contributed by atoms with E-state index in [1.165, 1.54) is 12.8 Å². The second-order valence-corrected chi connectivity index (χ2v) is 6.36. The number of carbonyl (C=O) groups is 1. The summed E-state index contributed by atoms with van der Waals surface area (Å²) in [7, 11) is 0. The van der Waals surface area contributed by atoms with E-state index in [2.05, 4.69) is 26.9 Å². The normalized spacial score (nSPS) is 26.7. The lowest BCUT2D eigenvalue weighted by molar-refractivity contribution is -0.137. The second-order valence-electron chi connectivity index (χ2n) is 6.36. The van der Waals surface area contributed by atoms with Crippen LogP contribution in [0.15, 0.2) is 18.3 Å². The van der Waals surface area contributed by atoms with Crippen LogP contribution in [0.2, 0.25) is 0 Å². The summed E-state index contributed by atoms with van der Waals surface area (Å²) in [5.41, 5.74) is 0. The van der Waals surface area contributed by atoms with Crippen molar-refractivity contribution < 1.29 is 4.79 Å². The van der Waals surface area contributed by atoms with Crippen molar-refractivity contribution >= 4 is 11.7 Å². The molecule has 0 spiro atoms. The Balaban J connectivity index is 1.54. The molecule has 1 aliphatic carbocycles. The molecule has 0 bridgehead atoms. The van der Waals surface area contributed by atoms with Crippen molar-refractivity contribution in [1.82, 2.24) is 15.1 Å². The summed E-state index contributed by atoms with van der Waals surface area (Å²) in [4.78, 5) is 16.9. The second kappa shape index (κ2) is 6.41. The summed E-state index contributed by atoms with van der Waals surface area (Å²) < 4.78 is 0. The highest BCUT2D eigenvalue weighted by molar-refractivity contribution is 5.79. The van der Waals surface area contributed by atoms with Crippen LogP contribution in [-0.4, -0.2) is 47.2 Å². The fourth-order valence-corrected chi connectivity index (χ4v) is 3.53. The van der Waals surface area contributed by atoms with Gasteiger partial charge in [-0.3, -0.25) is 4.79 Å². The van der Waals surface area contributed by atoms with Gasteiger partial charge in [0.25, 0.3) is 0 Å². The molecule has 1 aromatic heterocycles. The maximum atomic E-state index is 12.6. The summed E-state index contributed by atoms with van der Waals surface area (Å²) in [6.07, 6.45) is 6.33. The van der Waals surface area contributed by atoms with Crippen molar-refractivity contribution in [1.29, 1.82) is 0 Å². The maximum absolute atomic E-state index is 12.6. The van der Waals surface area contributed by atoms with E-state index in [9.17, 15) is 4.79 Å². The quantitative estimate of drug-likeness (QED) is 0.834. The molecule has 1 amide bonds. The third-order valence-electron chi connectivity index (χ3n) is 4.76. The summed E-state index contributed by atoms with van der Waals surface area (Å²) in [6.45, 7) is 5.59. The minimum Gasteiger partial charge on any atom is -0.352 e. The molecule has 3 rings (SSSR count). The molecule has 5 nitrogen and oxygen atoms in total. The third-order valence-corrected chi connectivity index (χ3v) is 4.76. The number of piperazine rings is 1. The molecule has 1 saturated heterocycles. The van der Waals surface area contributed by atoms with Gasteiger partial charge in [-0.2, -0.15) is 5.10 Å². The minimum atomic E-state index is 0.261. The van der Waals surface area contributed by atoms with Crippen LogP contribution in [0.4, 0.5) is 5.82 Å². The Hall–Kier alpha value is -1.65. The summed E-state index contributed by atoms with van der Waals surface area (Å²) in [5.74, 6) is 2.25. The maximum Gasteiger partial charge on any atom is 0.225 e. The van der Waals surface area contributed by atoms with Crippen molar-refractivity contribution in [2.75, 3.05) is 31.1 Å². The lowest BCUT2D eigenvalue weighted by Gasteiger charge is -2.38. The van der Waals surface area contributed by atoms with Crippen LogP contribution in [0, 0.1) is 11.8 Å². The van der Waals surface area contributed by atoms with Gasteiger partial charge in [-0.25, -0.2) is 0 Å². The molecule has 2 heterocycles. The van der Waals surface area contributed by atoms with E-state index in [1.807, 2.05) is 12.1 Å². The first-order chi connectivity index (χ1) is 10.2. The zero-order chi connectivity index (χ0) is 14.7. The first-order valence-electron chi connectivity index (χ1n) is 8.05. The van der Waals surface area contributed by atoms with Crippen molar-refractivity contribution in [3.05, 3.63) is 18.3 Å². The van der Waals surface area contributed by atoms with Gasteiger partial charge in [0, 0.05) is 38.3 Å². The van der Waals surface area contributed by atoms with Gasteiger partial charge < -0.3 is 9.80 Å². The Labute approximate surface area is 126 Å². The van der Waals surface area contributed by atoms with Gasteiger partial charge in [0.05, 0.1) is 0 Å². The monoisotopic (exact) mass is 288 g/mol. The number of nitrogens with zero attached hydrogens (tertiary/aromatic N) is 4. The molecule has 1 saturated carbocycles. The highest BCUT2D eigenvalue weighted by Gasteiger charge is 2.30. The van der Waals surface area contributed by atoms with Gasteiger partial charge in [-0.05, 0) is 30.9 Å². The van der Waals surface area contributed by atoms with Crippen LogP contribution in [0.25, 0.3) is 0 Å². The van der Waals surface area contributed by atoms with Gasteiger partial charge >= 0.3 is 0 Å². The largest absolute Gasteiger partial charge is 0.352 e. The number of aromatic nitrogens is 2. The summed E-state index contributed by atoms with van der Waals surface area (Å²) in [6, 6.07) is 3.89. The molecule has 1 aromatic rings. The molecule has 0 radical (unpaired) electrons.